The largest absolute Gasteiger partial charge is 0.465 e. The molecule has 0 aromatic heterocycles. The number of rotatable bonds is 5. The smallest absolute Gasteiger partial charge is 0.337 e. The van der Waals surface area contributed by atoms with Crippen molar-refractivity contribution >= 4 is 18.4 Å². The summed E-state index contributed by atoms with van der Waals surface area (Å²) in [7, 11) is 1.42. The molecule has 0 aliphatic carbocycles. The Morgan fingerprint density at radius 1 is 1.36 bits per heavy atom. The zero-order chi connectivity index (χ0) is 15.1. The van der Waals surface area contributed by atoms with Crippen molar-refractivity contribution in [2.75, 3.05) is 26.7 Å². The van der Waals surface area contributed by atoms with E-state index in [-0.39, 0.29) is 18.4 Å². The molecule has 1 unspecified atom stereocenters. The Kier molecular flexibility index (Phi) is 8.46. The lowest BCUT2D eigenvalue weighted by molar-refractivity contribution is 0.0600. The molecule has 1 fully saturated rings. The SMILES string of the molecule is CCN(Cc1cccc(C(=O)OC)c1)C1CCCNCC1.Cl. The van der Waals surface area contributed by atoms with Crippen LogP contribution in [-0.2, 0) is 11.3 Å². The van der Waals surface area contributed by atoms with Crippen LogP contribution in [0.2, 0.25) is 0 Å². The van der Waals surface area contributed by atoms with Crippen LogP contribution in [0.3, 0.4) is 0 Å². The van der Waals surface area contributed by atoms with Gasteiger partial charge in [-0.2, -0.15) is 0 Å². The van der Waals surface area contributed by atoms with E-state index in [0.717, 1.165) is 26.2 Å². The number of benzene rings is 1. The third-order valence-electron chi connectivity index (χ3n) is 4.20. The Morgan fingerprint density at radius 2 is 2.18 bits per heavy atom. The van der Waals surface area contributed by atoms with Crippen molar-refractivity contribution in [2.24, 2.45) is 0 Å². The molecule has 1 atom stereocenters. The zero-order valence-corrected chi connectivity index (χ0v) is 14.3. The van der Waals surface area contributed by atoms with Crippen molar-refractivity contribution in [3.8, 4) is 0 Å². The summed E-state index contributed by atoms with van der Waals surface area (Å²) in [6, 6.07) is 8.41. The van der Waals surface area contributed by atoms with Crippen LogP contribution >= 0.6 is 12.4 Å². The second kappa shape index (κ2) is 9.82. The number of nitrogens with one attached hydrogen (secondary N) is 1. The highest BCUT2D eigenvalue weighted by Crippen LogP contribution is 2.17. The van der Waals surface area contributed by atoms with Gasteiger partial charge in [0.05, 0.1) is 12.7 Å². The number of hydrogen-bond donors (Lipinski definition) is 1. The maximum absolute atomic E-state index is 11.6. The fourth-order valence-corrected chi connectivity index (χ4v) is 3.01. The van der Waals surface area contributed by atoms with E-state index in [9.17, 15) is 4.79 Å². The van der Waals surface area contributed by atoms with E-state index in [4.69, 9.17) is 4.74 Å². The number of carbonyl (C=O) groups excluding carboxylic acids is 1. The van der Waals surface area contributed by atoms with Crippen LogP contribution in [-0.4, -0.2) is 43.7 Å². The fourth-order valence-electron chi connectivity index (χ4n) is 3.01. The average molecular weight is 327 g/mol. The summed E-state index contributed by atoms with van der Waals surface area (Å²) in [6.45, 7) is 6.37. The van der Waals surface area contributed by atoms with Crippen molar-refractivity contribution < 1.29 is 9.53 Å². The Bertz CT molecular complexity index is 460. The molecule has 1 saturated heterocycles. The summed E-state index contributed by atoms with van der Waals surface area (Å²) in [6.07, 6.45) is 3.69. The lowest BCUT2D eigenvalue weighted by Gasteiger charge is -2.30. The maximum Gasteiger partial charge on any atom is 0.337 e. The van der Waals surface area contributed by atoms with Crippen LogP contribution in [0.25, 0.3) is 0 Å². The molecule has 0 spiro atoms. The molecule has 2 rings (SSSR count). The summed E-state index contributed by atoms with van der Waals surface area (Å²) < 4.78 is 4.79. The molecule has 1 aromatic carbocycles. The number of hydrogen-bond acceptors (Lipinski definition) is 4. The van der Waals surface area contributed by atoms with Crippen LogP contribution in [0.1, 0.15) is 42.1 Å². The molecule has 1 aliphatic heterocycles. The van der Waals surface area contributed by atoms with Gasteiger partial charge in [-0.3, -0.25) is 4.90 Å². The van der Waals surface area contributed by atoms with Crippen molar-refractivity contribution in [3.05, 3.63) is 35.4 Å². The minimum atomic E-state index is -0.265. The van der Waals surface area contributed by atoms with Gasteiger partial charge in [-0.05, 0) is 56.6 Å². The van der Waals surface area contributed by atoms with E-state index in [1.165, 1.54) is 31.9 Å². The number of methoxy groups -OCH3 is 1. The zero-order valence-electron chi connectivity index (χ0n) is 13.5. The van der Waals surface area contributed by atoms with Crippen LogP contribution in [0.4, 0.5) is 0 Å². The standard InChI is InChI=1S/C17H26N2O2.ClH/c1-3-19(16-8-5-10-18-11-9-16)13-14-6-4-7-15(12-14)17(20)21-2;/h4,6-7,12,16,18H,3,5,8-11,13H2,1-2H3;1H. The molecule has 1 N–H and O–H groups in total. The summed E-state index contributed by atoms with van der Waals surface area (Å²) in [4.78, 5) is 14.1. The quantitative estimate of drug-likeness (QED) is 0.845. The Labute approximate surface area is 139 Å². The normalized spacial score (nSPS) is 18.4. The second-order valence-corrected chi connectivity index (χ2v) is 5.59. The maximum atomic E-state index is 11.6. The van der Waals surface area contributed by atoms with Crippen LogP contribution < -0.4 is 5.32 Å². The van der Waals surface area contributed by atoms with Gasteiger partial charge in [-0.25, -0.2) is 4.79 Å². The Balaban J connectivity index is 0.00000242. The predicted molar refractivity (Wildman–Crippen MR) is 91.6 cm³/mol. The predicted octanol–water partition coefficient (Wildman–Crippen LogP) is 2.86. The number of halogens is 1. The van der Waals surface area contributed by atoms with Gasteiger partial charge in [0.15, 0.2) is 0 Å². The van der Waals surface area contributed by atoms with Crippen molar-refractivity contribution in [1.82, 2.24) is 10.2 Å². The first-order valence-electron chi connectivity index (χ1n) is 7.86. The van der Waals surface area contributed by atoms with Gasteiger partial charge in [0.25, 0.3) is 0 Å². The molecule has 22 heavy (non-hydrogen) atoms. The molecule has 0 amide bonds. The third-order valence-corrected chi connectivity index (χ3v) is 4.20. The van der Waals surface area contributed by atoms with Crippen molar-refractivity contribution in [3.63, 3.8) is 0 Å². The van der Waals surface area contributed by atoms with Gasteiger partial charge in [0.2, 0.25) is 0 Å². The summed E-state index contributed by atoms with van der Waals surface area (Å²) in [5, 5.41) is 3.46. The molecule has 1 aliphatic rings. The molecule has 124 valence electrons. The molecule has 1 heterocycles. The highest BCUT2D eigenvalue weighted by molar-refractivity contribution is 5.89. The van der Waals surface area contributed by atoms with Crippen LogP contribution in [0.15, 0.2) is 24.3 Å². The Hall–Kier alpha value is -1.10. The molecule has 0 saturated carbocycles. The van der Waals surface area contributed by atoms with Gasteiger partial charge < -0.3 is 10.1 Å². The van der Waals surface area contributed by atoms with E-state index >= 15 is 0 Å². The number of ether oxygens (including phenoxy) is 1. The van der Waals surface area contributed by atoms with Gasteiger partial charge >= 0.3 is 5.97 Å². The number of nitrogens with zero attached hydrogens (tertiary/aromatic N) is 1. The molecular weight excluding hydrogens is 300 g/mol. The topological polar surface area (TPSA) is 41.6 Å². The number of carbonyl (C=O) groups is 1. The first kappa shape index (κ1) is 18.9. The second-order valence-electron chi connectivity index (χ2n) is 5.59. The van der Waals surface area contributed by atoms with E-state index < -0.39 is 0 Å². The first-order chi connectivity index (χ1) is 10.2. The highest BCUT2D eigenvalue weighted by atomic mass is 35.5. The van der Waals surface area contributed by atoms with E-state index in [1.807, 2.05) is 12.1 Å². The Morgan fingerprint density at radius 3 is 2.91 bits per heavy atom. The molecule has 0 radical (unpaired) electrons. The van der Waals surface area contributed by atoms with E-state index in [2.05, 4.69) is 23.2 Å². The summed E-state index contributed by atoms with van der Waals surface area (Å²) in [5.41, 5.74) is 1.81. The molecular formula is C17H27ClN2O2. The van der Waals surface area contributed by atoms with Crippen LogP contribution in [0, 0.1) is 0 Å². The number of esters is 1. The minimum absolute atomic E-state index is 0. The van der Waals surface area contributed by atoms with Crippen LogP contribution in [0.5, 0.6) is 0 Å². The van der Waals surface area contributed by atoms with Gasteiger partial charge in [0.1, 0.15) is 0 Å². The lowest BCUT2D eigenvalue weighted by atomic mass is 10.1. The first-order valence-corrected chi connectivity index (χ1v) is 7.86. The van der Waals surface area contributed by atoms with Crippen molar-refractivity contribution in [2.45, 2.75) is 38.8 Å². The van der Waals surface area contributed by atoms with Gasteiger partial charge in [-0.1, -0.05) is 19.1 Å². The fraction of sp³-hybridized carbons (Fsp3) is 0.588. The third kappa shape index (κ3) is 5.27. The van der Waals surface area contributed by atoms with Gasteiger partial charge in [-0.15, -0.1) is 12.4 Å². The summed E-state index contributed by atoms with van der Waals surface area (Å²) >= 11 is 0. The summed E-state index contributed by atoms with van der Waals surface area (Å²) in [5.74, 6) is -0.265. The van der Waals surface area contributed by atoms with Gasteiger partial charge in [0, 0.05) is 12.6 Å². The molecule has 0 bridgehead atoms. The van der Waals surface area contributed by atoms with E-state index in [0.29, 0.717) is 11.6 Å². The molecule has 5 heteroatoms. The lowest BCUT2D eigenvalue weighted by Crippen LogP contribution is -2.35. The van der Waals surface area contributed by atoms with E-state index in [1.54, 1.807) is 6.07 Å². The molecule has 4 nitrogen and oxygen atoms in total. The highest BCUT2D eigenvalue weighted by Gasteiger charge is 2.19. The monoisotopic (exact) mass is 326 g/mol. The van der Waals surface area contributed by atoms with Crippen molar-refractivity contribution in [1.29, 1.82) is 0 Å². The molecule has 1 aromatic rings. The minimum Gasteiger partial charge on any atom is -0.465 e. The average Bonchev–Trinajstić information content (AvgIpc) is 2.81.